The molecule has 1 aromatic carbocycles. The van der Waals surface area contributed by atoms with Crippen LogP contribution in [-0.4, -0.2) is 19.1 Å². The van der Waals surface area contributed by atoms with Crippen LogP contribution in [0.4, 0.5) is 0 Å². The quantitative estimate of drug-likeness (QED) is 0.629. The van der Waals surface area contributed by atoms with E-state index in [4.69, 9.17) is 0 Å². The second-order valence-corrected chi connectivity index (χ2v) is 5.12. The van der Waals surface area contributed by atoms with E-state index in [9.17, 15) is 4.79 Å². The third kappa shape index (κ3) is 2.25. The lowest BCUT2D eigenvalue weighted by atomic mass is 10.2. The lowest BCUT2D eigenvalue weighted by Gasteiger charge is -2.09. The van der Waals surface area contributed by atoms with E-state index >= 15 is 0 Å². The second-order valence-electron chi connectivity index (χ2n) is 2.83. The lowest BCUT2D eigenvalue weighted by molar-refractivity contribution is -0.102. The molecular formula is C10H9IN2O. The van der Waals surface area contributed by atoms with Gasteiger partial charge in [0.25, 0.3) is 0 Å². The van der Waals surface area contributed by atoms with E-state index < -0.39 is 0 Å². The van der Waals surface area contributed by atoms with Crippen LogP contribution in [0.25, 0.3) is 0 Å². The number of hydrogen-bond donors (Lipinski definition) is 0. The van der Waals surface area contributed by atoms with Gasteiger partial charge in [-0.1, -0.05) is 30.3 Å². The second kappa shape index (κ2) is 4.45. The summed E-state index contributed by atoms with van der Waals surface area (Å²) in [6.45, 7) is 0.762. The Morgan fingerprint density at radius 1 is 1.36 bits per heavy atom. The molecule has 0 aromatic heterocycles. The van der Waals surface area contributed by atoms with E-state index in [0.717, 1.165) is 12.8 Å². The highest BCUT2D eigenvalue weighted by molar-refractivity contribution is 14.2. The molecule has 0 aliphatic carbocycles. The minimum absolute atomic E-state index is 0.279. The van der Waals surface area contributed by atoms with Crippen molar-refractivity contribution >= 4 is 34.9 Å². The van der Waals surface area contributed by atoms with Gasteiger partial charge in [-0.05, 0) is 26.3 Å². The number of carbonyl (C=O) groups is 1. The first kappa shape index (κ1) is 9.51. The van der Waals surface area contributed by atoms with Crippen molar-refractivity contribution in [2.45, 2.75) is 6.54 Å². The van der Waals surface area contributed by atoms with Crippen molar-refractivity contribution in [1.29, 1.82) is 0 Å². The van der Waals surface area contributed by atoms with Crippen molar-refractivity contribution in [3.63, 3.8) is 0 Å². The van der Waals surface area contributed by atoms with Crippen LogP contribution in [0.1, 0.15) is 5.56 Å². The van der Waals surface area contributed by atoms with Crippen LogP contribution in [-0.2, 0) is 11.3 Å². The molecule has 0 amide bonds. The Labute approximate surface area is 92.2 Å². The monoisotopic (exact) mass is 300 g/mol. The van der Waals surface area contributed by atoms with Crippen LogP contribution in [0.5, 0.6) is 0 Å². The van der Waals surface area contributed by atoms with Gasteiger partial charge in [-0.15, -0.1) is 0 Å². The van der Waals surface area contributed by atoms with Gasteiger partial charge in [0.05, 0.1) is 10.7 Å². The summed E-state index contributed by atoms with van der Waals surface area (Å²) >= 11 is -0.279. The van der Waals surface area contributed by atoms with Crippen LogP contribution in [0, 0.1) is 0 Å². The van der Waals surface area contributed by atoms with Gasteiger partial charge in [-0.2, -0.15) is 5.10 Å². The molecule has 0 saturated carbocycles. The highest BCUT2D eigenvalue weighted by Crippen LogP contribution is 2.13. The maximum atomic E-state index is 10.5. The summed E-state index contributed by atoms with van der Waals surface area (Å²) in [5, 5.41) is 6.03. The SMILES string of the molecule is O=CC1=NN(Cc2ccccc2)C=I1. The van der Waals surface area contributed by atoms with Crippen molar-refractivity contribution in [2.75, 3.05) is 0 Å². The first-order valence-corrected chi connectivity index (χ1v) is 6.52. The van der Waals surface area contributed by atoms with Gasteiger partial charge in [0.1, 0.15) is 0 Å². The highest BCUT2D eigenvalue weighted by atomic mass is 127. The van der Waals surface area contributed by atoms with Gasteiger partial charge in [0, 0.05) is 0 Å². The molecule has 0 bridgehead atoms. The average molecular weight is 300 g/mol. The van der Waals surface area contributed by atoms with Crippen LogP contribution in [0.15, 0.2) is 35.4 Å². The third-order valence-electron chi connectivity index (χ3n) is 1.78. The van der Waals surface area contributed by atoms with Crippen LogP contribution in [0.3, 0.4) is 0 Å². The summed E-state index contributed by atoms with van der Waals surface area (Å²) in [4.78, 5) is 10.5. The van der Waals surface area contributed by atoms with Gasteiger partial charge in [-0.3, -0.25) is 9.80 Å². The topological polar surface area (TPSA) is 32.7 Å². The number of nitrogens with zero attached hydrogens (tertiary/aromatic N) is 2. The predicted octanol–water partition coefficient (Wildman–Crippen LogP) is 1.75. The third-order valence-corrected chi connectivity index (χ3v) is 3.81. The standard InChI is InChI=1S/C10H9IN2O/c14-7-10-11-8-13(12-10)6-9-4-2-1-3-5-9/h1-5,7-8H,6H2. The summed E-state index contributed by atoms with van der Waals surface area (Å²) in [6, 6.07) is 10.1. The molecule has 1 aromatic rings. The maximum absolute atomic E-state index is 10.5. The first-order chi connectivity index (χ1) is 6.88. The molecule has 0 fully saturated rings. The van der Waals surface area contributed by atoms with E-state index in [2.05, 4.69) is 17.2 Å². The van der Waals surface area contributed by atoms with E-state index in [-0.39, 0.29) is 20.7 Å². The van der Waals surface area contributed by atoms with Crippen LogP contribution in [0.2, 0.25) is 0 Å². The maximum Gasteiger partial charge on any atom is 0.176 e. The molecule has 0 unspecified atom stereocenters. The molecule has 1 aliphatic rings. The van der Waals surface area contributed by atoms with Gasteiger partial charge in [0.2, 0.25) is 0 Å². The Balaban J connectivity index is 2.04. The summed E-state index contributed by atoms with van der Waals surface area (Å²) in [5.74, 6) is 0. The zero-order chi connectivity index (χ0) is 9.80. The van der Waals surface area contributed by atoms with Gasteiger partial charge < -0.3 is 0 Å². The summed E-state index contributed by atoms with van der Waals surface area (Å²) in [7, 11) is 0. The molecule has 0 saturated heterocycles. The molecule has 1 aliphatic heterocycles. The number of rotatable bonds is 3. The fourth-order valence-electron chi connectivity index (χ4n) is 1.16. The minimum atomic E-state index is -0.279. The van der Waals surface area contributed by atoms with E-state index in [1.807, 2.05) is 27.3 Å². The lowest BCUT2D eigenvalue weighted by Crippen LogP contribution is -2.11. The van der Waals surface area contributed by atoms with Crippen LogP contribution >= 0.6 is 20.7 Å². The molecular weight excluding hydrogens is 291 g/mol. The molecule has 4 heteroatoms. The number of carbonyl (C=O) groups excluding carboxylic acids is 1. The summed E-state index contributed by atoms with van der Waals surface area (Å²) < 4.78 is 2.75. The zero-order valence-corrected chi connectivity index (χ0v) is 9.59. The van der Waals surface area contributed by atoms with Crippen LogP contribution < -0.4 is 0 Å². The smallest absolute Gasteiger partial charge is 0.176 e. The Bertz CT molecular complexity index is 386. The molecule has 0 radical (unpaired) electrons. The number of benzene rings is 1. The van der Waals surface area contributed by atoms with Crippen molar-refractivity contribution in [3.05, 3.63) is 35.9 Å². The molecule has 0 N–H and O–H groups in total. The fourth-order valence-corrected chi connectivity index (χ4v) is 2.64. The normalized spacial score (nSPS) is 14.9. The molecule has 0 spiro atoms. The number of aldehydes is 1. The number of halogens is 1. The molecule has 1 heterocycles. The summed E-state index contributed by atoms with van der Waals surface area (Å²) in [5.41, 5.74) is 1.21. The molecule has 14 heavy (non-hydrogen) atoms. The Morgan fingerprint density at radius 2 is 2.14 bits per heavy atom. The fraction of sp³-hybridized carbons (Fsp3) is 0.100. The molecule has 2 rings (SSSR count). The molecule has 3 nitrogen and oxygen atoms in total. The van der Waals surface area contributed by atoms with E-state index in [1.54, 1.807) is 0 Å². The minimum Gasteiger partial charge on any atom is -0.296 e. The highest BCUT2D eigenvalue weighted by Gasteiger charge is 2.07. The number of hydrogen-bond acceptors (Lipinski definition) is 3. The van der Waals surface area contributed by atoms with E-state index in [0.29, 0.717) is 3.72 Å². The molecule has 0 atom stereocenters. The number of hydrazone groups is 1. The van der Waals surface area contributed by atoms with Crippen molar-refractivity contribution in [3.8, 4) is 0 Å². The van der Waals surface area contributed by atoms with Gasteiger partial charge >= 0.3 is 0 Å². The van der Waals surface area contributed by atoms with Gasteiger partial charge in [-0.25, -0.2) is 0 Å². The predicted molar refractivity (Wildman–Crippen MR) is 65.6 cm³/mol. The van der Waals surface area contributed by atoms with Crippen molar-refractivity contribution < 1.29 is 4.79 Å². The van der Waals surface area contributed by atoms with Gasteiger partial charge in [0.15, 0.2) is 10.0 Å². The largest absolute Gasteiger partial charge is 0.296 e. The zero-order valence-electron chi connectivity index (χ0n) is 7.43. The average Bonchev–Trinajstić information content (AvgIpc) is 2.67. The molecule has 72 valence electrons. The Morgan fingerprint density at radius 3 is 2.79 bits per heavy atom. The van der Waals surface area contributed by atoms with Crippen molar-refractivity contribution in [1.82, 2.24) is 5.01 Å². The first-order valence-electron chi connectivity index (χ1n) is 4.19. The van der Waals surface area contributed by atoms with E-state index in [1.165, 1.54) is 5.56 Å². The summed E-state index contributed by atoms with van der Waals surface area (Å²) in [6.07, 6.45) is 0.856. The Kier molecular flexibility index (Phi) is 3.03. The van der Waals surface area contributed by atoms with Crippen molar-refractivity contribution in [2.24, 2.45) is 5.10 Å². The Hall–Kier alpha value is -1.04.